The first-order valence-corrected chi connectivity index (χ1v) is 11.2. The molecule has 0 spiro atoms. The van der Waals surface area contributed by atoms with Gasteiger partial charge in [-0.1, -0.05) is 5.76 Å². The van der Waals surface area contributed by atoms with Crippen LogP contribution in [0.1, 0.15) is 45.8 Å². The molecule has 3 rings (SSSR count). The number of carbonyl (C=O) groups is 3. The van der Waals surface area contributed by atoms with Gasteiger partial charge in [-0.2, -0.15) is 0 Å². The standard InChI is InChI=1S/C24H28N4O7/c1-6-35-24(32)19-13(2)17(14(3)25-19)21(29)18-20(15-7-9-16(10-8-15)28(33)34)27(12-11-26(4)5)23(31)22(18)30/h7-10,20,25,29H,6,11-12H2,1-5H3. The number of aromatic nitrogens is 1. The van der Waals surface area contributed by atoms with Gasteiger partial charge in [0.25, 0.3) is 11.6 Å². The van der Waals surface area contributed by atoms with Gasteiger partial charge in [-0.15, -0.1) is 0 Å². The zero-order chi connectivity index (χ0) is 26.0. The third-order valence-corrected chi connectivity index (χ3v) is 5.95. The highest BCUT2D eigenvalue weighted by molar-refractivity contribution is 6.46. The van der Waals surface area contributed by atoms with Crippen LogP contribution in [0.2, 0.25) is 0 Å². The zero-order valence-electron chi connectivity index (χ0n) is 20.3. The van der Waals surface area contributed by atoms with Crippen molar-refractivity contribution in [2.45, 2.75) is 26.8 Å². The molecule has 35 heavy (non-hydrogen) atoms. The van der Waals surface area contributed by atoms with E-state index in [9.17, 15) is 29.6 Å². The second-order valence-electron chi connectivity index (χ2n) is 8.62. The van der Waals surface area contributed by atoms with Crippen molar-refractivity contribution >= 4 is 29.1 Å². The summed E-state index contributed by atoms with van der Waals surface area (Å²) in [6.07, 6.45) is 0. The van der Waals surface area contributed by atoms with Crippen LogP contribution in [0, 0.1) is 24.0 Å². The molecule has 11 nitrogen and oxygen atoms in total. The molecule has 11 heteroatoms. The number of nitro groups is 1. The molecule has 1 amide bonds. The number of likely N-dealkylation sites (tertiary alicyclic amines) is 1. The molecule has 1 aliphatic heterocycles. The fourth-order valence-corrected chi connectivity index (χ4v) is 4.20. The number of benzene rings is 1. The van der Waals surface area contributed by atoms with Crippen LogP contribution in [0.5, 0.6) is 0 Å². The van der Waals surface area contributed by atoms with Crippen molar-refractivity contribution in [3.8, 4) is 0 Å². The number of carbonyl (C=O) groups excluding carboxylic acids is 3. The topological polar surface area (TPSA) is 150 Å². The third kappa shape index (κ3) is 4.80. The molecule has 1 aromatic carbocycles. The second-order valence-corrected chi connectivity index (χ2v) is 8.62. The van der Waals surface area contributed by atoms with Gasteiger partial charge >= 0.3 is 5.97 Å². The van der Waals surface area contributed by atoms with Crippen LogP contribution in [0.4, 0.5) is 5.69 Å². The molecule has 1 aromatic heterocycles. The molecule has 2 aromatic rings. The molecule has 186 valence electrons. The highest BCUT2D eigenvalue weighted by atomic mass is 16.6. The minimum Gasteiger partial charge on any atom is -0.872 e. The summed E-state index contributed by atoms with van der Waals surface area (Å²) < 4.78 is 5.04. The van der Waals surface area contributed by atoms with E-state index in [0.29, 0.717) is 23.4 Å². The summed E-state index contributed by atoms with van der Waals surface area (Å²) in [5.74, 6) is -3.04. The maximum Gasteiger partial charge on any atom is 0.355 e. The largest absolute Gasteiger partial charge is 0.872 e. The molecule has 1 unspecified atom stereocenters. The maximum absolute atomic E-state index is 13.8. The van der Waals surface area contributed by atoms with E-state index in [2.05, 4.69) is 4.98 Å². The minimum absolute atomic E-state index is 0.102. The highest BCUT2D eigenvalue weighted by Gasteiger charge is 2.44. The summed E-state index contributed by atoms with van der Waals surface area (Å²) in [5.41, 5.74) is 0.903. The quantitative estimate of drug-likeness (QED) is 0.135. The fraction of sp³-hybridized carbons (Fsp3) is 0.375. The normalized spacial score (nSPS) is 17.3. The number of ether oxygens (including phenoxy) is 1. The number of nitro benzene ring substituents is 1. The number of non-ortho nitro benzene ring substituents is 1. The Morgan fingerprint density at radius 3 is 2.37 bits per heavy atom. The van der Waals surface area contributed by atoms with E-state index in [0.717, 1.165) is 4.90 Å². The number of hydrogen-bond donors (Lipinski definition) is 2. The molecular weight excluding hydrogens is 456 g/mol. The summed E-state index contributed by atoms with van der Waals surface area (Å²) in [7, 11) is 3.78. The number of aryl methyl sites for hydroxylation is 1. The molecule has 0 saturated carbocycles. The molecule has 1 saturated heterocycles. The van der Waals surface area contributed by atoms with Crippen LogP contribution in [-0.2, 0) is 14.3 Å². The van der Waals surface area contributed by atoms with Gasteiger partial charge in [0.1, 0.15) is 5.69 Å². The number of rotatable bonds is 8. The Morgan fingerprint density at radius 1 is 1.20 bits per heavy atom. The smallest absolute Gasteiger partial charge is 0.355 e. The van der Waals surface area contributed by atoms with Gasteiger partial charge in [0.2, 0.25) is 5.78 Å². The zero-order valence-corrected chi connectivity index (χ0v) is 20.3. The number of esters is 1. The number of H-pyrrole nitrogens is 1. The van der Waals surface area contributed by atoms with E-state index in [-0.39, 0.29) is 35.7 Å². The van der Waals surface area contributed by atoms with Crippen molar-refractivity contribution in [1.29, 1.82) is 0 Å². The Bertz CT molecular complexity index is 1210. The highest BCUT2D eigenvalue weighted by Crippen LogP contribution is 2.40. The molecule has 1 atom stereocenters. The van der Waals surface area contributed by atoms with Crippen LogP contribution >= 0.6 is 0 Å². The lowest BCUT2D eigenvalue weighted by molar-refractivity contribution is -0.857. The molecular formula is C24H28N4O7. The number of quaternary nitrogens is 1. The van der Waals surface area contributed by atoms with Gasteiger partial charge in [0.15, 0.2) is 0 Å². The van der Waals surface area contributed by atoms with Crippen LogP contribution in [0.3, 0.4) is 0 Å². The van der Waals surface area contributed by atoms with Crippen molar-refractivity contribution < 1.29 is 34.1 Å². The van der Waals surface area contributed by atoms with E-state index in [1.54, 1.807) is 20.8 Å². The molecule has 0 aliphatic carbocycles. The van der Waals surface area contributed by atoms with Crippen LogP contribution < -0.4 is 10.0 Å². The van der Waals surface area contributed by atoms with Crippen molar-refractivity contribution in [3.63, 3.8) is 0 Å². The van der Waals surface area contributed by atoms with Crippen molar-refractivity contribution in [2.75, 3.05) is 33.8 Å². The number of likely N-dealkylation sites (N-methyl/N-ethyl adjacent to an activating group) is 1. The van der Waals surface area contributed by atoms with Crippen molar-refractivity contribution in [3.05, 3.63) is 68.0 Å². The Kier molecular flexibility index (Phi) is 7.39. The number of hydrogen-bond acceptors (Lipinski definition) is 7. The van der Waals surface area contributed by atoms with Crippen LogP contribution in [-0.4, -0.2) is 66.3 Å². The monoisotopic (exact) mass is 484 g/mol. The van der Waals surface area contributed by atoms with Gasteiger partial charge in [0.05, 0.1) is 44.8 Å². The Hall–Kier alpha value is -3.99. The van der Waals surface area contributed by atoms with Crippen molar-refractivity contribution in [1.82, 2.24) is 9.88 Å². The first-order chi connectivity index (χ1) is 16.5. The van der Waals surface area contributed by atoms with E-state index >= 15 is 0 Å². The number of amides is 1. The molecule has 0 radical (unpaired) electrons. The van der Waals surface area contributed by atoms with E-state index < -0.39 is 34.4 Å². The van der Waals surface area contributed by atoms with Crippen molar-refractivity contribution in [2.24, 2.45) is 0 Å². The van der Waals surface area contributed by atoms with Crippen LogP contribution in [0.25, 0.3) is 5.76 Å². The predicted octanol–water partition coefficient (Wildman–Crippen LogP) is 0.0849. The van der Waals surface area contributed by atoms with Gasteiger partial charge < -0.3 is 24.6 Å². The molecule has 2 heterocycles. The predicted molar refractivity (Wildman–Crippen MR) is 123 cm³/mol. The Morgan fingerprint density at radius 2 is 1.83 bits per heavy atom. The second kappa shape index (κ2) is 10.1. The van der Waals surface area contributed by atoms with Gasteiger partial charge in [-0.25, -0.2) is 4.79 Å². The Balaban J connectivity index is 2.20. The number of nitrogens with one attached hydrogen (secondary N) is 2. The number of ketones is 1. The number of Topliss-reactive ketones (excluding diaryl/α,β-unsaturated/α-hetero) is 1. The average molecular weight is 485 g/mol. The van der Waals surface area contributed by atoms with E-state index in [1.807, 2.05) is 14.1 Å². The Labute approximate surface area is 202 Å². The number of aromatic amines is 1. The van der Waals surface area contributed by atoms with Gasteiger partial charge in [-0.05, 0) is 49.6 Å². The fourth-order valence-electron chi connectivity index (χ4n) is 4.20. The molecule has 1 fully saturated rings. The summed E-state index contributed by atoms with van der Waals surface area (Å²) in [4.78, 5) is 54.2. The van der Waals surface area contributed by atoms with E-state index in [4.69, 9.17) is 4.74 Å². The first-order valence-electron chi connectivity index (χ1n) is 11.2. The average Bonchev–Trinajstić information content (AvgIpc) is 3.24. The van der Waals surface area contributed by atoms with E-state index in [1.165, 1.54) is 29.2 Å². The summed E-state index contributed by atoms with van der Waals surface area (Å²) in [5, 5.41) is 24.9. The molecule has 1 aliphatic rings. The van der Waals surface area contributed by atoms with Gasteiger partial charge in [0, 0.05) is 23.4 Å². The lowest BCUT2D eigenvalue weighted by atomic mass is 9.94. The lowest BCUT2D eigenvalue weighted by Gasteiger charge is -2.28. The number of nitrogens with zero attached hydrogens (tertiary/aromatic N) is 2. The lowest BCUT2D eigenvalue weighted by Crippen LogP contribution is -3.06. The van der Waals surface area contributed by atoms with Gasteiger partial charge in [-0.3, -0.25) is 19.7 Å². The summed E-state index contributed by atoms with van der Waals surface area (Å²) in [6, 6.07) is 4.41. The maximum atomic E-state index is 13.8. The summed E-state index contributed by atoms with van der Waals surface area (Å²) in [6.45, 7) is 5.68. The minimum atomic E-state index is -1.01. The SMILES string of the molecule is CCOC(=O)c1[nH]c(C)c(C([O-])=C2C(=O)C(=O)N(CC[NH+](C)C)C2c2ccc([N+](=O)[O-])cc2)c1C. The molecule has 0 bridgehead atoms. The third-order valence-electron chi connectivity index (χ3n) is 5.95. The summed E-state index contributed by atoms with van der Waals surface area (Å²) >= 11 is 0. The first kappa shape index (κ1) is 25.6. The molecule has 2 N–H and O–H groups in total. The van der Waals surface area contributed by atoms with Crippen LogP contribution in [0.15, 0.2) is 29.8 Å².